The first-order valence-corrected chi connectivity index (χ1v) is 9.04. The summed E-state index contributed by atoms with van der Waals surface area (Å²) in [5, 5.41) is 17.1. The van der Waals surface area contributed by atoms with Crippen LogP contribution in [0, 0.1) is 0 Å². The summed E-state index contributed by atoms with van der Waals surface area (Å²) in [4.78, 5) is 14.1. The molecule has 0 unspecified atom stereocenters. The van der Waals surface area contributed by atoms with Crippen molar-refractivity contribution in [3.63, 3.8) is 0 Å². The van der Waals surface area contributed by atoms with Gasteiger partial charge in [0.05, 0.1) is 6.54 Å². The molecule has 0 radical (unpaired) electrons. The third-order valence-electron chi connectivity index (χ3n) is 4.31. The molecule has 2 amide bonds. The van der Waals surface area contributed by atoms with E-state index in [0.29, 0.717) is 26.1 Å². The van der Waals surface area contributed by atoms with Crippen LogP contribution in [0.2, 0.25) is 0 Å². The highest BCUT2D eigenvalue weighted by molar-refractivity contribution is 5.73. The summed E-state index contributed by atoms with van der Waals surface area (Å²) in [6.45, 7) is 5.48. The van der Waals surface area contributed by atoms with Gasteiger partial charge in [-0.05, 0) is 38.2 Å². The van der Waals surface area contributed by atoms with Gasteiger partial charge in [-0.15, -0.1) is 12.1 Å². The number of phenolic OH excluding ortho intramolecular Hbond substituents is 1. The normalized spacial score (nSPS) is 14.5. The first kappa shape index (κ1) is 20.6. The number of nitrogens with one attached hydrogen (secondary N) is 4. The molecule has 0 saturated heterocycles. The van der Waals surface area contributed by atoms with Gasteiger partial charge >= 0.3 is 6.03 Å². The molecule has 148 valence electrons. The quantitative estimate of drug-likeness (QED) is 0.391. The molecule has 0 saturated carbocycles. The van der Waals surface area contributed by atoms with E-state index < -0.39 is 0 Å². The van der Waals surface area contributed by atoms with Gasteiger partial charge in [-0.2, -0.15) is 0 Å². The third kappa shape index (κ3) is 7.20. The molecule has 1 atom stereocenters. The number of hydrogen-bond acceptors (Lipinski definition) is 6. The zero-order chi connectivity index (χ0) is 19.6. The van der Waals surface area contributed by atoms with Gasteiger partial charge in [0.2, 0.25) is 0 Å². The van der Waals surface area contributed by atoms with Crippen molar-refractivity contribution in [3.8, 4) is 5.75 Å². The summed E-state index contributed by atoms with van der Waals surface area (Å²) < 4.78 is 0. The van der Waals surface area contributed by atoms with Crippen LogP contribution >= 0.6 is 0 Å². The van der Waals surface area contributed by atoms with Crippen LogP contribution in [0.1, 0.15) is 12.0 Å². The maximum Gasteiger partial charge on any atom is 0.314 e. The summed E-state index contributed by atoms with van der Waals surface area (Å²) in [6, 6.07) is 7.14. The predicted molar refractivity (Wildman–Crippen MR) is 107 cm³/mol. The lowest BCUT2D eigenvalue weighted by atomic mass is 10.1. The van der Waals surface area contributed by atoms with Crippen molar-refractivity contribution in [2.24, 2.45) is 0 Å². The summed E-state index contributed by atoms with van der Waals surface area (Å²) in [6.07, 6.45) is 5.26. The number of rotatable bonds is 10. The summed E-state index contributed by atoms with van der Waals surface area (Å²) in [7, 11) is 3.98. The van der Waals surface area contributed by atoms with Crippen molar-refractivity contribution in [2.45, 2.75) is 18.9 Å². The Balaban J connectivity index is 1.70. The van der Waals surface area contributed by atoms with Crippen molar-refractivity contribution in [1.82, 2.24) is 31.5 Å². The highest BCUT2D eigenvalue weighted by Gasteiger charge is 2.14. The molecule has 1 aliphatic rings. The molecule has 27 heavy (non-hydrogen) atoms. The number of hydrogen-bond donors (Lipinski definition) is 5. The molecular weight excluding hydrogens is 344 g/mol. The highest BCUT2D eigenvalue weighted by Crippen LogP contribution is 2.12. The summed E-state index contributed by atoms with van der Waals surface area (Å²) >= 11 is 0. The van der Waals surface area contributed by atoms with Crippen LogP contribution in [0.25, 0.3) is 0 Å². The number of urea groups is 1. The van der Waals surface area contributed by atoms with Crippen molar-refractivity contribution < 1.29 is 9.90 Å². The topological polar surface area (TPSA) is 91.9 Å². The third-order valence-corrected chi connectivity index (χ3v) is 4.31. The van der Waals surface area contributed by atoms with Gasteiger partial charge in [-0.25, -0.2) is 4.79 Å². The molecule has 0 aliphatic carbocycles. The fourth-order valence-electron chi connectivity index (χ4n) is 2.69. The second kappa shape index (κ2) is 10.4. The van der Waals surface area contributed by atoms with E-state index in [0.717, 1.165) is 17.7 Å². The Morgan fingerprint density at radius 2 is 2.07 bits per heavy atom. The zero-order valence-electron chi connectivity index (χ0n) is 16.0. The molecule has 2 rings (SSSR count). The van der Waals surface area contributed by atoms with E-state index >= 15 is 0 Å². The largest absolute Gasteiger partial charge is 0.508 e. The Bertz CT molecular complexity index is 644. The Morgan fingerprint density at radius 3 is 2.74 bits per heavy atom. The molecule has 1 aromatic carbocycles. The van der Waals surface area contributed by atoms with Gasteiger partial charge in [0, 0.05) is 37.4 Å². The van der Waals surface area contributed by atoms with E-state index in [4.69, 9.17) is 0 Å². The minimum Gasteiger partial charge on any atom is -0.508 e. The molecule has 5 N–H and O–H groups in total. The molecule has 1 heterocycles. The second-order valence-electron chi connectivity index (χ2n) is 6.71. The molecule has 1 aliphatic heterocycles. The molecule has 0 spiro atoms. The van der Waals surface area contributed by atoms with Crippen LogP contribution in [0.4, 0.5) is 4.79 Å². The second-order valence-corrected chi connectivity index (χ2v) is 6.71. The minimum atomic E-state index is -0.179. The Kier molecular flexibility index (Phi) is 7.97. The smallest absolute Gasteiger partial charge is 0.314 e. The van der Waals surface area contributed by atoms with Crippen molar-refractivity contribution in [1.29, 1.82) is 0 Å². The molecule has 8 nitrogen and oxygen atoms in total. The highest BCUT2D eigenvalue weighted by atomic mass is 16.3. The summed E-state index contributed by atoms with van der Waals surface area (Å²) in [5.41, 5.74) is 8.17. The SMILES string of the molecule is C=CCN1C=C(CCNC(=O)NC[C@H](Cc2ccc(O)cc2)N(C)C)NN1. The van der Waals surface area contributed by atoms with Gasteiger partial charge < -0.3 is 26.1 Å². The standard InChI is InChI=1S/C19H30N6O2/c1-4-11-25-14-16(22-23-25)9-10-20-19(27)21-13-17(24(2)3)12-15-5-7-18(26)8-6-15/h4-8,14,17,22-23,26H,1,9-13H2,2-3H3,(H2,20,21,27)/t17-/m0/s1. The first-order valence-electron chi connectivity index (χ1n) is 9.04. The molecule has 0 fully saturated rings. The number of aromatic hydroxyl groups is 1. The average molecular weight is 374 g/mol. The first-order chi connectivity index (χ1) is 13.0. The number of carbonyl (C=O) groups is 1. The van der Waals surface area contributed by atoms with Crippen LogP contribution in [-0.2, 0) is 6.42 Å². The Labute approximate surface area is 160 Å². The van der Waals surface area contributed by atoms with Gasteiger partial charge in [0.25, 0.3) is 0 Å². The summed E-state index contributed by atoms with van der Waals surface area (Å²) in [5.74, 6) is 0.257. The van der Waals surface area contributed by atoms with E-state index in [1.165, 1.54) is 0 Å². The molecule has 0 aromatic heterocycles. The van der Waals surface area contributed by atoms with E-state index in [9.17, 15) is 9.90 Å². The monoisotopic (exact) mass is 374 g/mol. The van der Waals surface area contributed by atoms with E-state index in [1.54, 1.807) is 18.2 Å². The van der Waals surface area contributed by atoms with Gasteiger partial charge in [0.1, 0.15) is 5.75 Å². The molecule has 0 bridgehead atoms. The lowest BCUT2D eigenvalue weighted by molar-refractivity contribution is 0.232. The lowest BCUT2D eigenvalue weighted by Gasteiger charge is -2.25. The number of likely N-dealkylation sites (N-methyl/N-ethyl adjacent to an activating group) is 1. The van der Waals surface area contributed by atoms with Crippen LogP contribution in [-0.4, -0.2) is 60.8 Å². The number of carbonyl (C=O) groups excluding carboxylic acids is 1. The fraction of sp³-hybridized carbons (Fsp3) is 0.421. The van der Waals surface area contributed by atoms with Crippen LogP contribution < -0.4 is 21.6 Å². The maximum atomic E-state index is 12.1. The number of hydrazine groups is 2. The van der Waals surface area contributed by atoms with Crippen LogP contribution in [0.15, 0.2) is 48.8 Å². The van der Waals surface area contributed by atoms with E-state index in [-0.39, 0.29) is 17.8 Å². The lowest BCUT2D eigenvalue weighted by Crippen LogP contribution is -2.45. The number of amides is 2. The van der Waals surface area contributed by atoms with E-state index in [1.807, 2.05) is 37.4 Å². The number of nitrogens with zero attached hydrogens (tertiary/aromatic N) is 2. The predicted octanol–water partition coefficient (Wildman–Crippen LogP) is 0.906. The zero-order valence-corrected chi connectivity index (χ0v) is 16.0. The van der Waals surface area contributed by atoms with Crippen LogP contribution in [0.5, 0.6) is 5.75 Å². The van der Waals surface area contributed by atoms with Gasteiger partial charge in [-0.3, -0.25) is 5.01 Å². The maximum absolute atomic E-state index is 12.1. The van der Waals surface area contributed by atoms with Crippen molar-refractivity contribution in [3.05, 3.63) is 54.4 Å². The molecule has 8 heteroatoms. The minimum absolute atomic E-state index is 0.163. The average Bonchev–Trinajstić information content (AvgIpc) is 3.07. The van der Waals surface area contributed by atoms with Crippen molar-refractivity contribution >= 4 is 6.03 Å². The molecular formula is C19H30N6O2. The van der Waals surface area contributed by atoms with E-state index in [2.05, 4.69) is 33.1 Å². The number of phenols is 1. The Hall–Kier alpha value is -2.71. The Morgan fingerprint density at radius 1 is 1.33 bits per heavy atom. The van der Waals surface area contributed by atoms with Gasteiger partial charge in [-0.1, -0.05) is 18.2 Å². The van der Waals surface area contributed by atoms with Crippen LogP contribution in [0.3, 0.4) is 0 Å². The number of benzene rings is 1. The van der Waals surface area contributed by atoms with Gasteiger partial charge in [0.15, 0.2) is 0 Å². The van der Waals surface area contributed by atoms with Crippen molar-refractivity contribution in [2.75, 3.05) is 33.7 Å². The fourth-order valence-corrected chi connectivity index (χ4v) is 2.69. The molecule has 1 aromatic rings.